The van der Waals surface area contributed by atoms with Crippen molar-refractivity contribution >= 4 is 40.2 Å². The zero-order valence-electron chi connectivity index (χ0n) is 13.5. The molecule has 0 bridgehead atoms. The van der Waals surface area contributed by atoms with E-state index in [4.69, 9.17) is 9.47 Å². The van der Waals surface area contributed by atoms with Gasteiger partial charge in [-0.15, -0.1) is 0 Å². The van der Waals surface area contributed by atoms with E-state index in [1.807, 2.05) is 19.1 Å². The lowest BCUT2D eigenvalue weighted by molar-refractivity contribution is 0.0526. The lowest BCUT2D eigenvalue weighted by atomic mass is 10.1. The number of amides is 1. The third-order valence-corrected chi connectivity index (χ3v) is 3.87. The Morgan fingerprint density at radius 3 is 2.29 bits per heavy atom. The first-order valence-corrected chi connectivity index (χ1v) is 8.64. The molecule has 0 radical (unpaired) electrons. The second-order valence-corrected chi connectivity index (χ2v) is 6.07. The fraction of sp³-hybridized carbons (Fsp3) is 0.222. The van der Waals surface area contributed by atoms with E-state index in [0.29, 0.717) is 35.8 Å². The van der Waals surface area contributed by atoms with E-state index in [2.05, 4.69) is 27.9 Å². The largest absolute Gasteiger partial charge is 0.492 e. The summed E-state index contributed by atoms with van der Waals surface area (Å²) in [5, 5.41) is 2.81. The molecule has 5 nitrogen and oxygen atoms in total. The van der Waals surface area contributed by atoms with Crippen LogP contribution in [0, 0.1) is 3.57 Å². The number of hydrogen-bond donors (Lipinski definition) is 1. The summed E-state index contributed by atoms with van der Waals surface area (Å²) in [5.41, 5.74) is 1.44. The van der Waals surface area contributed by atoms with Gasteiger partial charge < -0.3 is 14.8 Å². The lowest BCUT2D eigenvalue weighted by Crippen LogP contribution is -2.13. The minimum absolute atomic E-state index is 0.240. The van der Waals surface area contributed by atoms with Crippen molar-refractivity contribution < 1.29 is 19.1 Å². The van der Waals surface area contributed by atoms with Crippen molar-refractivity contribution in [2.24, 2.45) is 0 Å². The van der Waals surface area contributed by atoms with Gasteiger partial charge in [-0.1, -0.05) is 0 Å². The second kappa shape index (κ2) is 8.68. The number of esters is 1. The molecule has 24 heavy (non-hydrogen) atoms. The van der Waals surface area contributed by atoms with E-state index in [-0.39, 0.29) is 5.91 Å². The van der Waals surface area contributed by atoms with Crippen molar-refractivity contribution in [1.29, 1.82) is 0 Å². The zero-order valence-corrected chi connectivity index (χ0v) is 15.6. The molecule has 6 heteroatoms. The normalized spacial score (nSPS) is 10.1. The van der Waals surface area contributed by atoms with Gasteiger partial charge >= 0.3 is 5.97 Å². The van der Waals surface area contributed by atoms with Crippen molar-refractivity contribution in [2.75, 3.05) is 18.5 Å². The maximum Gasteiger partial charge on any atom is 0.338 e. The van der Waals surface area contributed by atoms with Crippen molar-refractivity contribution in [1.82, 2.24) is 0 Å². The van der Waals surface area contributed by atoms with Crippen LogP contribution >= 0.6 is 22.6 Å². The fourth-order valence-electron chi connectivity index (χ4n) is 2.04. The highest BCUT2D eigenvalue weighted by atomic mass is 127. The van der Waals surface area contributed by atoms with Gasteiger partial charge in [0, 0.05) is 9.13 Å². The number of carbonyl (C=O) groups is 2. The summed E-state index contributed by atoms with van der Waals surface area (Å²) in [6.07, 6.45) is 0. The lowest BCUT2D eigenvalue weighted by Gasteiger charge is -2.13. The Hall–Kier alpha value is -2.09. The molecule has 0 atom stereocenters. The molecule has 0 aliphatic carbocycles. The maximum absolute atomic E-state index is 12.3. The monoisotopic (exact) mass is 439 g/mol. The topological polar surface area (TPSA) is 64.6 Å². The molecule has 2 rings (SSSR count). The number of rotatable bonds is 6. The van der Waals surface area contributed by atoms with Crippen LogP contribution in [0.2, 0.25) is 0 Å². The molecule has 0 fully saturated rings. The Labute approximate surface area is 154 Å². The van der Waals surface area contributed by atoms with Crippen LogP contribution in [0.3, 0.4) is 0 Å². The number of ether oxygens (including phenoxy) is 2. The Kier molecular flexibility index (Phi) is 6.60. The van der Waals surface area contributed by atoms with Gasteiger partial charge in [-0.2, -0.15) is 0 Å². The molecule has 0 aromatic heterocycles. The highest BCUT2D eigenvalue weighted by molar-refractivity contribution is 14.1. The Morgan fingerprint density at radius 2 is 1.67 bits per heavy atom. The van der Waals surface area contributed by atoms with E-state index in [9.17, 15) is 9.59 Å². The van der Waals surface area contributed by atoms with E-state index in [1.165, 1.54) is 0 Å². The molecule has 0 saturated carbocycles. The number of anilines is 1. The molecule has 2 aromatic rings. The van der Waals surface area contributed by atoms with Gasteiger partial charge in [0.05, 0.1) is 24.5 Å². The molecule has 2 aromatic carbocycles. The average Bonchev–Trinajstić information content (AvgIpc) is 2.57. The third kappa shape index (κ3) is 4.70. The van der Waals surface area contributed by atoms with Crippen molar-refractivity contribution in [3.05, 3.63) is 57.2 Å². The van der Waals surface area contributed by atoms with Gasteiger partial charge in [0.15, 0.2) is 0 Å². The Morgan fingerprint density at radius 1 is 1.00 bits per heavy atom. The summed E-state index contributed by atoms with van der Waals surface area (Å²) in [4.78, 5) is 24.2. The van der Waals surface area contributed by atoms with Crippen LogP contribution in [0.4, 0.5) is 5.69 Å². The van der Waals surface area contributed by atoms with Crippen LogP contribution in [0.5, 0.6) is 5.75 Å². The summed E-state index contributed by atoms with van der Waals surface area (Å²) in [5.74, 6) is -0.230. The molecule has 126 valence electrons. The van der Waals surface area contributed by atoms with Gasteiger partial charge in [0.1, 0.15) is 5.75 Å². The van der Waals surface area contributed by atoms with Gasteiger partial charge in [-0.25, -0.2) is 4.79 Å². The average molecular weight is 439 g/mol. The molecule has 0 heterocycles. The van der Waals surface area contributed by atoms with Gasteiger partial charge in [0.25, 0.3) is 5.91 Å². The highest BCUT2D eigenvalue weighted by Crippen LogP contribution is 2.27. The first-order chi connectivity index (χ1) is 11.5. The molecular weight excluding hydrogens is 421 g/mol. The highest BCUT2D eigenvalue weighted by Gasteiger charge is 2.14. The molecule has 1 amide bonds. The predicted octanol–water partition coefficient (Wildman–Crippen LogP) is 4.12. The van der Waals surface area contributed by atoms with Gasteiger partial charge in [0.2, 0.25) is 0 Å². The van der Waals surface area contributed by atoms with E-state index in [1.54, 1.807) is 37.3 Å². The van der Waals surface area contributed by atoms with Crippen LogP contribution < -0.4 is 10.1 Å². The van der Waals surface area contributed by atoms with Crippen LogP contribution in [-0.2, 0) is 4.74 Å². The van der Waals surface area contributed by atoms with E-state index in [0.717, 1.165) is 3.57 Å². The quantitative estimate of drug-likeness (QED) is 0.544. The molecule has 0 unspecified atom stereocenters. The smallest absolute Gasteiger partial charge is 0.338 e. The van der Waals surface area contributed by atoms with Crippen LogP contribution in [-0.4, -0.2) is 25.1 Å². The molecule has 0 aliphatic heterocycles. The number of benzene rings is 2. The summed E-state index contributed by atoms with van der Waals surface area (Å²) in [6, 6.07) is 12.1. The number of carbonyl (C=O) groups excluding carboxylic acids is 2. The maximum atomic E-state index is 12.3. The number of halogens is 1. The van der Waals surface area contributed by atoms with E-state index < -0.39 is 5.97 Å². The standard InChI is InChI=1S/C18H18INO4/c1-3-23-16-11-13(18(22)24-4-2)7-10-15(16)20-17(21)12-5-8-14(19)9-6-12/h5-11H,3-4H2,1-2H3,(H,20,21). The summed E-state index contributed by atoms with van der Waals surface area (Å²) >= 11 is 2.18. The van der Waals surface area contributed by atoms with E-state index >= 15 is 0 Å². The molecular formula is C18H18INO4. The number of nitrogens with one attached hydrogen (secondary N) is 1. The zero-order chi connectivity index (χ0) is 17.5. The Balaban J connectivity index is 2.23. The van der Waals surface area contributed by atoms with Crippen molar-refractivity contribution in [3.8, 4) is 5.75 Å². The summed E-state index contributed by atoms with van der Waals surface area (Å²) in [7, 11) is 0. The van der Waals surface area contributed by atoms with Crippen LogP contribution in [0.25, 0.3) is 0 Å². The first kappa shape index (κ1) is 18.3. The predicted molar refractivity (Wildman–Crippen MR) is 101 cm³/mol. The van der Waals surface area contributed by atoms with Gasteiger partial charge in [-0.3, -0.25) is 4.79 Å². The molecule has 1 N–H and O–H groups in total. The molecule has 0 aliphatic rings. The minimum Gasteiger partial charge on any atom is -0.492 e. The van der Waals surface area contributed by atoms with Crippen LogP contribution in [0.15, 0.2) is 42.5 Å². The number of hydrogen-bond acceptors (Lipinski definition) is 4. The first-order valence-electron chi connectivity index (χ1n) is 7.56. The molecule has 0 saturated heterocycles. The van der Waals surface area contributed by atoms with Crippen molar-refractivity contribution in [3.63, 3.8) is 0 Å². The minimum atomic E-state index is -0.422. The SMILES string of the molecule is CCOC(=O)c1ccc(NC(=O)c2ccc(I)cc2)c(OCC)c1. The second-order valence-electron chi connectivity index (χ2n) is 4.83. The fourth-order valence-corrected chi connectivity index (χ4v) is 2.40. The van der Waals surface area contributed by atoms with Crippen molar-refractivity contribution in [2.45, 2.75) is 13.8 Å². The third-order valence-electron chi connectivity index (χ3n) is 3.15. The summed E-state index contributed by atoms with van der Waals surface area (Å²) < 4.78 is 11.6. The Bertz CT molecular complexity index is 728. The summed E-state index contributed by atoms with van der Waals surface area (Å²) in [6.45, 7) is 4.30. The molecule has 0 spiro atoms. The van der Waals surface area contributed by atoms with Gasteiger partial charge in [-0.05, 0) is 78.9 Å². The van der Waals surface area contributed by atoms with Crippen LogP contribution in [0.1, 0.15) is 34.6 Å².